The van der Waals surface area contributed by atoms with Gasteiger partial charge in [-0.15, -0.1) is 22.7 Å². The standard InChI is InChI=1S/C16H15N3O5S2/c1-7-6-25-16-17-9(5-19(7)16)12(20)18-13-10(14(21)23-3)8(2)11(26-13)15(22)24-4/h5-6H,1-4H3,(H,18,20). The van der Waals surface area contributed by atoms with Crippen molar-refractivity contribution in [1.29, 1.82) is 0 Å². The third kappa shape index (κ3) is 2.97. The summed E-state index contributed by atoms with van der Waals surface area (Å²) in [5, 5.41) is 4.80. The molecule has 0 unspecified atom stereocenters. The molecule has 136 valence electrons. The van der Waals surface area contributed by atoms with E-state index in [2.05, 4.69) is 10.3 Å². The van der Waals surface area contributed by atoms with Gasteiger partial charge < -0.3 is 14.8 Å². The van der Waals surface area contributed by atoms with Crippen molar-refractivity contribution in [1.82, 2.24) is 9.38 Å². The topological polar surface area (TPSA) is 99.0 Å². The van der Waals surface area contributed by atoms with Gasteiger partial charge in [-0.2, -0.15) is 0 Å². The molecule has 0 aliphatic carbocycles. The lowest BCUT2D eigenvalue weighted by molar-refractivity contribution is 0.0601. The Morgan fingerprint density at radius 1 is 1.15 bits per heavy atom. The van der Waals surface area contributed by atoms with Gasteiger partial charge in [-0.25, -0.2) is 14.6 Å². The number of anilines is 1. The fourth-order valence-corrected chi connectivity index (χ4v) is 4.37. The van der Waals surface area contributed by atoms with Crippen LogP contribution in [0, 0.1) is 13.8 Å². The van der Waals surface area contributed by atoms with E-state index in [-0.39, 0.29) is 21.1 Å². The molecule has 1 N–H and O–H groups in total. The van der Waals surface area contributed by atoms with E-state index in [9.17, 15) is 14.4 Å². The van der Waals surface area contributed by atoms with Gasteiger partial charge in [0.25, 0.3) is 5.91 Å². The van der Waals surface area contributed by atoms with Crippen LogP contribution >= 0.6 is 22.7 Å². The van der Waals surface area contributed by atoms with Gasteiger partial charge in [0.15, 0.2) is 4.96 Å². The first kappa shape index (κ1) is 18.1. The first-order valence-corrected chi connectivity index (χ1v) is 9.11. The van der Waals surface area contributed by atoms with Crippen molar-refractivity contribution in [3.63, 3.8) is 0 Å². The quantitative estimate of drug-likeness (QED) is 0.684. The molecule has 8 nitrogen and oxygen atoms in total. The van der Waals surface area contributed by atoms with E-state index < -0.39 is 17.8 Å². The summed E-state index contributed by atoms with van der Waals surface area (Å²) in [4.78, 5) is 41.8. The maximum Gasteiger partial charge on any atom is 0.348 e. The number of aryl methyl sites for hydroxylation is 1. The second kappa shape index (κ2) is 6.89. The predicted molar refractivity (Wildman–Crippen MR) is 97.5 cm³/mol. The number of nitrogens with zero attached hydrogens (tertiary/aromatic N) is 2. The Morgan fingerprint density at radius 3 is 2.46 bits per heavy atom. The van der Waals surface area contributed by atoms with Crippen LogP contribution < -0.4 is 5.32 Å². The third-order valence-corrected chi connectivity index (χ3v) is 5.90. The Kier molecular flexibility index (Phi) is 4.79. The van der Waals surface area contributed by atoms with E-state index in [1.807, 2.05) is 12.3 Å². The molecule has 3 rings (SSSR count). The number of ether oxygens (including phenoxy) is 2. The number of thiazole rings is 1. The zero-order valence-corrected chi connectivity index (χ0v) is 16.0. The number of hydrogen-bond acceptors (Lipinski definition) is 8. The number of methoxy groups -OCH3 is 2. The van der Waals surface area contributed by atoms with Gasteiger partial charge in [0.2, 0.25) is 0 Å². The average molecular weight is 393 g/mol. The van der Waals surface area contributed by atoms with Crippen LogP contribution in [-0.2, 0) is 9.47 Å². The molecule has 0 bridgehead atoms. The Morgan fingerprint density at radius 2 is 1.85 bits per heavy atom. The number of hydrogen-bond donors (Lipinski definition) is 1. The van der Waals surface area contributed by atoms with Gasteiger partial charge in [0, 0.05) is 17.3 Å². The fraction of sp³-hybridized carbons (Fsp3) is 0.250. The van der Waals surface area contributed by atoms with Crippen LogP contribution in [0.2, 0.25) is 0 Å². The highest BCUT2D eigenvalue weighted by molar-refractivity contribution is 7.18. The number of fused-ring (bicyclic) bond motifs is 1. The molecule has 10 heteroatoms. The van der Waals surface area contributed by atoms with Crippen LogP contribution in [0.15, 0.2) is 11.6 Å². The minimum Gasteiger partial charge on any atom is -0.465 e. The number of rotatable bonds is 4. The van der Waals surface area contributed by atoms with E-state index in [0.29, 0.717) is 10.5 Å². The highest BCUT2D eigenvalue weighted by atomic mass is 32.1. The number of imidazole rings is 1. The number of esters is 2. The minimum absolute atomic E-state index is 0.128. The molecule has 0 saturated heterocycles. The monoisotopic (exact) mass is 393 g/mol. The summed E-state index contributed by atoms with van der Waals surface area (Å²) in [6.45, 7) is 3.51. The largest absolute Gasteiger partial charge is 0.465 e. The minimum atomic E-state index is -0.647. The molecule has 0 saturated carbocycles. The smallest absolute Gasteiger partial charge is 0.348 e. The third-order valence-electron chi connectivity index (χ3n) is 3.76. The van der Waals surface area contributed by atoms with Crippen molar-refractivity contribution < 1.29 is 23.9 Å². The zero-order chi connectivity index (χ0) is 19.0. The van der Waals surface area contributed by atoms with Crippen molar-refractivity contribution in [3.05, 3.63) is 39.0 Å². The number of thiophene rings is 1. The maximum atomic E-state index is 12.6. The molecule has 3 aromatic heterocycles. The molecule has 1 amide bonds. The molecule has 0 atom stereocenters. The Balaban J connectivity index is 1.98. The lowest BCUT2D eigenvalue weighted by atomic mass is 10.1. The molecule has 3 aromatic rings. The van der Waals surface area contributed by atoms with Crippen LogP contribution in [0.1, 0.15) is 41.8 Å². The molecule has 0 aliphatic heterocycles. The second-order valence-electron chi connectivity index (χ2n) is 5.35. The maximum absolute atomic E-state index is 12.6. The molecule has 0 spiro atoms. The summed E-state index contributed by atoms with van der Waals surface area (Å²) in [6.07, 6.45) is 1.62. The number of aromatic nitrogens is 2. The van der Waals surface area contributed by atoms with Crippen molar-refractivity contribution in [2.75, 3.05) is 19.5 Å². The van der Waals surface area contributed by atoms with E-state index >= 15 is 0 Å². The first-order valence-electron chi connectivity index (χ1n) is 7.42. The highest BCUT2D eigenvalue weighted by Gasteiger charge is 2.27. The van der Waals surface area contributed by atoms with E-state index in [1.165, 1.54) is 25.6 Å². The summed E-state index contributed by atoms with van der Waals surface area (Å²) in [7, 11) is 2.48. The van der Waals surface area contributed by atoms with Crippen LogP contribution in [0.25, 0.3) is 4.96 Å². The molecule has 0 aromatic carbocycles. The molecule has 0 aliphatic rings. The molecule has 0 radical (unpaired) electrons. The average Bonchev–Trinajstić information content (AvgIpc) is 3.29. The summed E-state index contributed by atoms with van der Waals surface area (Å²) >= 11 is 2.38. The molecule has 0 fully saturated rings. The second-order valence-corrected chi connectivity index (χ2v) is 7.21. The molecule has 26 heavy (non-hydrogen) atoms. The van der Waals surface area contributed by atoms with Gasteiger partial charge >= 0.3 is 11.9 Å². The van der Waals surface area contributed by atoms with Gasteiger partial charge in [-0.1, -0.05) is 0 Å². The number of carbonyl (C=O) groups excluding carboxylic acids is 3. The van der Waals surface area contributed by atoms with Gasteiger partial charge in [0.05, 0.1) is 19.8 Å². The van der Waals surface area contributed by atoms with Crippen molar-refractivity contribution in [2.24, 2.45) is 0 Å². The Bertz CT molecular complexity index is 1030. The van der Waals surface area contributed by atoms with Crippen molar-refractivity contribution >= 4 is 50.5 Å². The lowest BCUT2D eigenvalue weighted by Gasteiger charge is -2.04. The van der Waals surface area contributed by atoms with Crippen LogP contribution in [0.4, 0.5) is 5.00 Å². The SMILES string of the molecule is COC(=O)c1sc(NC(=O)c2cn3c(C)csc3n2)c(C(=O)OC)c1C. The highest BCUT2D eigenvalue weighted by Crippen LogP contribution is 2.34. The number of nitrogens with one attached hydrogen (secondary N) is 1. The first-order chi connectivity index (χ1) is 12.4. The lowest BCUT2D eigenvalue weighted by Crippen LogP contribution is -2.14. The normalized spacial score (nSPS) is 10.8. The Hall–Kier alpha value is -2.72. The summed E-state index contributed by atoms with van der Waals surface area (Å²) < 4.78 is 11.3. The van der Waals surface area contributed by atoms with Gasteiger partial charge in [-0.3, -0.25) is 9.20 Å². The summed E-state index contributed by atoms with van der Waals surface area (Å²) in [5.41, 5.74) is 1.70. The van der Waals surface area contributed by atoms with Crippen LogP contribution in [0.5, 0.6) is 0 Å². The molecule has 3 heterocycles. The van der Waals surface area contributed by atoms with Gasteiger partial charge in [-0.05, 0) is 19.4 Å². The van der Waals surface area contributed by atoms with E-state index in [0.717, 1.165) is 17.0 Å². The van der Waals surface area contributed by atoms with E-state index in [1.54, 1.807) is 17.5 Å². The number of amides is 1. The summed E-state index contributed by atoms with van der Waals surface area (Å²) in [5.74, 6) is -1.72. The van der Waals surface area contributed by atoms with Crippen molar-refractivity contribution in [2.45, 2.75) is 13.8 Å². The molecular formula is C16H15N3O5S2. The summed E-state index contributed by atoms with van der Waals surface area (Å²) in [6, 6.07) is 0. The predicted octanol–water partition coefficient (Wildman–Crippen LogP) is 2.90. The number of carbonyl (C=O) groups is 3. The molecular weight excluding hydrogens is 378 g/mol. The Labute approximate surface area is 156 Å². The van der Waals surface area contributed by atoms with Gasteiger partial charge in [0.1, 0.15) is 15.6 Å². The van der Waals surface area contributed by atoms with Crippen LogP contribution in [-0.4, -0.2) is 41.5 Å². The van der Waals surface area contributed by atoms with Crippen molar-refractivity contribution in [3.8, 4) is 0 Å². The van der Waals surface area contributed by atoms with Crippen LogP contribution in [0.3, 0.4) is 0 Å². The fourth-order valence-electron chi connectivity index (χ4n) is 2.41. The van der Waals surface area contributed by atoms with E-state index in [4.69, 9.17) is 9.47 Å². The zero-order valence-electron chi connectivity index (χ0n) is 14.4.